The molecule has 0 unspecified atom stereocenters. The molecule has 0 N–H and O–H groups in total. The zero-order chi connectivity index (χ0) is 18.3. The van der Waals surface area contributed by atoms with Gasteiger partial charge in [-0.1, -0.05) is 68.2 Å². The van der Waals surface area contributed by atoms with E-state index in [1.165, 1.54) is 12.8 Å². The first-order valence-electron chi connectivity index (χ1n) is 8.85. The van der Waals surface area contributed by atoms with Crippen LogP contribution < -0.4 is 0 Å². The van der Waals surface area contributed by atoms with E-state index in [2.05, 4.69) is 55.4 Å². The lowest BCUT2D eigenvalue weighted by Gasteiger charge is -2.48. The van der Waals surface area contributed by atoms with Crippen molar-refractivity contribution < 1.29 is 14.3 Å². The predicted octanol–water partition coefficient (Wildman–Crippen LogP) is 5.94. The molecular weight excluding hydrogens is 288 g/mol. The summed E-state index contributed by atoms with van der Waals surface area (Å²) < 4.78 is 10.7. The fraction of sp³-hybridized carbons (Fsp3) is 0.850. The Morgan fingerprint density at radius 2 is 1.43 bits per heavy atom. The van der Waals surface area contributed by atoms with Gasteiger partial charge in [-0.15, -0.1) is 0 Å². The molecule has 0 aromatic rings. The average Bonchev–Trinajstić information content (AvgIpc) is 2.43. The fourth-order valence-corrected chi connectivity index (χ4v) is 2.95. The summed E-state index contributed by atoms with van der Waals surface area (Å²) in [5.74, 6) is 0.494. The molecule has 0 aliphatic rings. The number of allylic oxidation sites excluding steroid dienone is 1. The molecule has 0 aliphatic heterocycles. The van der Waals surface area contributed by atoms with Crippen LogP contribution >= 0.6 is 0 Å². The highest BCUT2D eigenvalue weighted by Crippen LogP contribution is 2.52. The number of carbonyl (C=O) groups excluding carboxylic acids is 1. The molecule has 3 nitrogen and oxygen atoms in total. The second-order valence-electron chi connectivity index (χ2n) is 8.63. The maximum absolute atomic E-state index is 12.7. The van der Waals surface area contributed by atoms with Crippen LogP contribution in [0.4, 0.5) is 0 Å². The highest BCUT2D eigenvalue weighted by Gasteiger charge is 2.53. The average molecular weight is 327 g/mol. The summed E-state index contributed by atoms with van der Waals surface area (Å²) in [4.78, 5) is 12.7. The van der Waals surface area contributed by atoms with E-state index in [9.17, 15) is 4.79 Å². The number of ether oxygens (including phenoxy) is 2. The first-order valence-corrected chi connectivity index (χ1v) is 8.85. The second kappa shape index (κ2) is 8.75. The molecule has 0 amide bonds. The van der Waals surface area contributed by atoms with Crippen molar-refractivity contribution in [1.82, 2.24) is 0 Å². The van der Waals surface area contributed by atoms with Crippen molar-refractivity contribution in [3.63, 3.8) is 0 Å². The SMILES string of the molecule is CCC(CC)C/C=C/OCOC(=O)C(C)(C(C)(C)C)C(C)(C)C. The summed E-state index contributed by atoms with van der Waals surface area (Å²) in [5.41, 5.74) is -0.996. The molecule has 0 saturated heterocycles. The van der Waals surface area contributed by atoms with E-state index in [0.717, 1.165) is 6.42 Å². The highest BCUT2D eigenvalue weighted by molar-refractivity contribution is 5.78. The molecule has 0 rings (SSSR count). The van der Waals surface area contributed by atoms with Gasteiger partial charge in [0, 0.05) is 0 Å². The van der Waals surface area contributed by atoms with Crippen molar-refractivity contribution in [3.05, 3.63) is 12.3 Å². The minimum atomic E-state index is -0.595. The third kappa shape index (κ3) is 5.86. The van der Waals surface area contributed by atoms with Gasteiger partial charge in [-0.05, 0) is 36.2 Å². The number of carbonyl (C=O) groups is 1. The molecule has 0 bridgehead atoms. The molecular formula is C20H38O3. The summed E-state index contributed by atoms with van der Waals surface area (Å²) in [5, 5.41) is 0. The Morgan fingerprint density at radius 1 is 0.957 bits per heavy atom. The molecule has 0 atom stereocenters. The third-order valence-electron chi connectivity index (χ3n) is 5.48. The van der Waals surface area contributed by atoms with Crippen molar-refractivity contribution in [2.45, 2.75) is 81.6 Å². The van der Waals surface area contributed by atoms with Gasteiger partial charge in [-0.2, -0.15) is 0 Å². The Morgan fingerprint density at radius 3 is 1.83 bits per heavy atom. The molecule has 3 heteroatoms. The van der Waals surface area contributed by atoms with E-state index >= 15 is 0 Å². The van der Waals surface area contributed by atoms with Crippen molar-refractivity contribution >= 4 is 5.97 Å². The molecule has 0 radical (unpaired) electrons. The van der Waals surface area contributed by atoms with Gasteiger partial charge in [-0.3, -0.25) is 4.79 Å². The fourth-order valence-electron chi connectivity index (χ4n) is 2.95. The lowest BCUT2D eigenvalue weighted by atomic mass is 9.55. The Kier molecular flexibility index (Phi) is 8.37. The minimum Gasteiger partial charge on any atom is -0.465 e. The number of rotatable bonds is 8. The van der Waals surface area contributed by atoms with Gasteiger partial charge in [0.15, 0.2) is 0 Å². The van der Waals surface area contributed by atoms with E-state index in [4.69, 9.17) is 9.47 Å². The molecule has 0 spiro atoms. The van der Waals surface area contributed by atoms with Crippen LogP contribution in [0.5, 0.6) is 0 Å². The summed E-state index contributed by atoms with van der Waals surface area (Å²) in [6, 6.07) is 0. The minimum absolute atomic E-state index is 0.0278. The molecule has 0 heterocycles. The third-order valence-corrected chi connectivity index (χ3v) is 5.48. The Hall–Kier alpha value is -0.990. The standard InChI is InChI=1S/C20H38O3/c1-10-16(11-2)13-12-14-22-15-23-17(21)20(9,18(3,4)5)19(6,7)8/h12,14,16H,10-11,13,15H2,1-9H3/b14-12+. The smallest absolute Gasteiger partial charge is 0.315 e. The number of esters is 1. The van der Waals surface area contributed by atoms with Crippen LogP contribution in [0.15, 0.2) is 12.3 Å². The van der Waals surface area contributed by atoms with Crippen LogP contribution in [-0.4, -0.2) is 12.8 Å². The zero-order valence-corrected chi connectivity index (χ0v) is 16.8. The van der Waals surface area contributed by atoms with E-state index in [-0.39, 0.29) is 23.6 Å². The zero-order valence-electron chi connectivity index (χ0n) is 16.8. The quantitative estimate of drug-likeness (QED) is 0.239. The Labute approximate surface area is 143 Å². The van der Waals surface area contributed by atoms with Crippen LogP contribution in [0.1, 0.15) is 81.6 Å². The number of hydrogen-bond acceptors (Lipinski definition) is 3. The number of hydrogen-bond donors (Lipinski definition) is 0. The van der Waals surface area contributed by atoms with E-state index in [0.29, 0.717) is 5.92 Å². The van der Waals surface area contributed by atoms with Crippen LogP contribution in [0.2, 0.25) is 0 Å². The van der Waals surface area contributed by atoms with Crippen molar-refractivity contribution in [1.29, 1.82) is 0 Å². The van der Waals surface area contributed by atoms with Gasteiger partial charge in [0.05, 0.1) is 11.7 Å². The summed E-state index contributed by atoms with van der Waals surface area (Å²) in [6.45, 7) is 18.8. The van der Waals surface area contributed by atoms with Gasteiger partial charge in [0.1, 0.15) is 0 Å². The molecule has 0 aromatic heterocycles. The van der Waals surface area contributed by atoms with Gasteiger partial charge in [0.25, 0.3) is 0 Å². The highest BCUT2D eigenvalue weighted by atomic mass is 16.7. The van der Waals surface area contributed by atoms with Crippen molar-refractivity contribution in [2.24, 2.45) is 22.2 Å². The van der Waals surface area contributed by atoms with Crippen LogP contribution in [0.25, 0.3) is 0 Å². The largest absolute Gasteiger partial charge is 0.465 e. The topological polar surface area (TPSA) is 35.5 Å². The maximum atomic E-state index is 12.7. The predicted molar refractivity (Wildman–Crippen MR) is 96.9 cm³/mol. The van der Waals surface area contributed by atoms with Crippen molar-refractivity contribution in [2.75, 3.05) is 6.79 Å². The normalized spacial score (nSPS) is 13.7. The second-order valence-corrected chi connectivity index (χ2v) is 8.63. The first kappa shape index (κ1) is 22.0. The maximum Gasteiger partial charge on any atom is 0.315 e. The van der Waals surface area contributed by atoms with Gasteiger partial charge < -0.3 is 9.47 Å². The van der Waals surface area contributed by atoms with E-state index in [1.807, 2.05) is 13.0 Å². The van der Waals surface area contributed by atoms with E-state index < -0.39 is 5.41 Å². The summed E-state index contributed by atoms with van der Waals surface area (Å²) in [6.07, 6.45) is 7.01. The van der Waals surface area contributed by atoms with E-state index in [1.54, 1.807) is 6.26 Å². The molecule has 23 heavy (non-hydrogen) atoms. The first-order chi connectivity index (χ1) is 10.4. The molecule has 136 valence electrons. The molecule has 0 saturated carbocycles. The van der Waals surface area contributed by atoms with Crippen LogP contribution in [0, 0.1) is 22.2 Å². The Bertz CT molecular complexity index is 365. The summed E-state index contributed by atoms with van der Waals surface area (Å²) in [7, 11) is 0. The van der Waals surface area contributed by atoms with Crippen LogP contribution in [-0.2, 0) is 14.3 Å². The van der Waals surface area contributed by atoms with Gasteiger partial charge in [0.2, 0.25) is 6.79 Å². The van der Waals surface area contributed by atoms with Crippen LogP contribution in [0.3, 0.4) is 0 Å². The Balaban J connectivity index is 4.56. The van der Waals surface area contributed by atoms with Crippen molar-refractivity contribution in [3.8, 4) is 0 Å². The monoisotopic (exact) mass is 326 g/mol. The van der Waals surface area contributed by atoms with Gasteiger partial charge >= 0.3 is 5.97 Å². The molecule has 0 fully saturated rings. The lowest BCUT2D eigenvalue weighted by Crippen LogP contribution is -2.50. The molecule has 0 aliphatic carbocycles. The lowest BCUT2D eigenvalue weighted by molar-refractivity contribution is -0.181. The molecule has 0 aromatic carbocycles. The van der Waals surface area contributed by atoms with Gasteiger partial charge in [-0.25, -0.2) is 0 Å². The summed E-state index contributed by atoms with van der Waals surface area (Å²) >= 11 is 0.